The van der Waals surface area contributed by atoms with E-state index in [4.69, 9.17) is 17.3 Å². The molecular weight excluding hydrogens is 335 g/mol. The Morgan fingerprint density at radius 1 is 1.56 bits per heavy atom. The normalized spacial score (nSPS) is 21.7. The summed E-state index contributed by atoms with van der Waals surface area (Å²) >= 11 is 9.50. The van der Waals surface area contributed by atoms with Crippen molar-refractivity contribution in [3.63, 3.8) is 0 Å². The van der Waals surface area contributed by atoms with Crippen LogP contribution in [-0.2, 0) is 6.54 Å². The molecule has 18 heavy (non-hydrogen) atoms. The van der Waals surface area contributed by atoms with Crippen molar-refractivity contribution < 1.29 is 0 Å². The maximum absolute atomic E-state index is 6.09. The highest BCUT2D eigenvalue weighted by Crippen LogP contribution is 2.25. The average molecular weight is 354 g/mol. The van der Waals surface area contributed by atoms with E-state index < -0.39 is 0 Å². The standard InChI is InChI=1S/C13H18BrClN2.ClH/c1-9(16)11-4-5-17(8-11)7-10-2-3-12(14)13(15)6-10;/h2-3,6,9,11H,4-5,7-8,16H2,1H3;1H. The van der Waals surface area contributed by atoms with Gasteiger partial charge in [0, 0.05) is 23.6 Å². The number of nitrogens with two attached hydrogens (primary N) is 1. The van der Waals surface area contributed by atoms with Crippen LogP contribution in [0.15, 0.2) is 22.7 Å². The van der Waals surface area contributed by atoms with E-state index in [0.717, 1.165) is 29.1 Å². The molecule has 0 radical (unpaired) electrons. The van der Waals surface area contributed by atoms with Gasteiger partial charge in [0.05, 0.1) is 5.02 Å². The summed E-state index contributed by atoms with van der Waals surface area (Å²) in [7, 11) is 0. The summed E-state index contributed by atoms with van der Waals surface area (Å²) in [5.41, 5.74) is 7.21. The van der Waals surface area contributed by atoms with Crippen LogP contribution >= 0.6 is 39.9 Å². The van der Waals surface area contributed by atoms with E-state index in [2.05, 4.69) is 33.8 Å². The van der Waals surface area contributed by atoms with Gasteiger partial charge < -0.3 is 5.73 Å². The molecule has 1 aliphatic heterocycles. The molecule has 0 amide bonds. The van der Waals surface area contributed by atoms with Gasteiger partial charge in [0.1, 0.15) is 0 Å². The van der Waals surface area contributed by atoms with Gasteiger partial charge in [-0.05, 0) is 59.4 Å². The van der Waals surface area contributed by atoms with Crippen molar-refractivity contribution in [1.29, 1.82) is 0 Å². The predicted molar refractivity (Wildman–Crippen MR) is 83.4 cm³/mol. The summed E-state index contributed by atoms with van der Waals surface area (Å²) < 4.78 is 0.956. The molecule has 0 aromatic heterocycles. The zero-order valence-corrected chi connectivity index (χ0v) is 13.6. The summed E-state index contributed by atoms with van der Waals surface area (Å²) in [6.07, 6.45) is 1.21. The van der Waals surface area contributed by atoms with Gasteiger partial charge in [-0.25, -0.2) is 0 Å². The van der Waals surface area contributed by atoms with E-state index in [0.29, 0.717) is 12.0 Å². The second-order valence-corrected chi connectivity index (χ2v) is 6.15. The summed E-state index contributed by atoms with van der Waals surface area (Å²) in [6, 6.07) is 6.46. The van der Waals surface area contributed by atoms with E-state index >= 15 is 0 Å². The molecule has 1 saturated heterocycles. The van der Waals surface area contributed by atoms with E-state index in [1.807, 2.05) is 12.1 Å². The molecule has 102 valence electrons. The van der Waals surface area contributed by atoms with Gasteiger partial charge in [0.25, 0.3) is 0 Å². The molecule has 1 aliphatic rings. The van der Waals surface area contributed by atoms with Crippen molar-refractivity contribution in [3.8, 4) is 0 Å². The first-order chi connectivity index (χ1) is 8.06. The summed E-state index contributed by atoms with van der Waals surface area (Å²) in [5, 5.41) is 0.783. The van der Waals surface area contributed by atoms with Gasteiger partial charge in [-0.1, -0.05) is 17.7 Å². The lowest BCUT2D eigenvalue weighted by atomic mass is 10.0. The maximum Gasteiger partial charge on any atom is 0.0551 e. The Morgan fingerprint density at radius 3 is 2.83 bits per heavy atom. The minimum absolute atomic E-state index is 0. The highest BCUT2D eigenvalue weighted by atomic mass is 79.9. The van der Waals surface area contributed by atoms with E-state index in [1.165, 1.54) is 12.0 Å². The van der Waals surface area contributed by atoms with Gasteiger partial charge in [-0.2, -0.15) is 0 Å². The number of halogens is 3. The quantitative estimate of drug-likeness (QED) is 0.897. The number of hydrogen-bond acceptors (Lipinski definition) is 2. The van der Waals surface area contributed by atoms with Crippen LogP contribution in [0.2, 0.25) is 5.02 Å². The van der Waals surface area contributed by atoms with Crippen molar-refractivity contribution in [2.75, 3.05) is 13.1 Å². The number of likely N-dealkylation sites (tertiary alicyclic amines) is 1. The summed E-state index contributed by atoms with van der Waals surface area (Å²) in [6.45, 7) is 5.31. The van der Waals surface area contributed by atoms with Gasteiger partial charge in [-0.15, -0.1) is 12.4 Å². The molecule has 2 N–H and O–H groups in total. The minimum Gasteiger partial charge on any atom is -0.328 e. The first-order valence-corrected chi connectivity index (χ1v) is 7.15. The maximum atomic E-state index is 6.09. The van der Waals surface area contributed by atoms with E-state index in [1.54, 1.807) is 0 Å². The summed E-state index contributed by atoms with van der Waals surface area (Å²) in [4.78, 5) is 2.45. The number of nitrogens with zero attached hydrogens (tertiary/aromatic N) is 1. The molecule has 2 unspecified atom stereocenters. The molecule has 0 aliphatic carbocycles. The smallest absolute Gasteiger partial charge is 0.0551 e. The highest BCUT2D eigenvalue weighted by molar-refractivity contribution is 9.10. The van der Waals surface area contributed by atoms with Crippen LogP contribution < -0.4 is 5.73 Å². The molecule has 0 spiro atoms. The molecule has 2 atom stereocenters. The van der Waals surface area contributed by atoms with Crippen LogP contribution in [-0.4, -0.2) is 24.0 Å². The second kappa shape index (κ2) is 7.11. The molecule has 0 saturated carbocycles. The first kappa shape index (κ1) is 16.3. The topological polar surface area (TPSA) is 29.3 Å². The molecule has 2 nitrogen and oxygen atoms in total. The van der Waals surface area contributed by atoms with Crippen molar-refractivity contribution in [2.24, 2.45) is 11.7 Å². The van der Waals surface area contributed by atoms with Crippen LogP contribution in [0.1, 0.15) is 18.9 Å². The van der Waals surface area contributed by atoms with Crippen LogP contribution in [0.3, 0.4) is 0 Å². The van der Waals surface area contributed by atoms with Crippen molar-refractivity contribution in [3.05, 3.63) is 33.3 Å². The van der Waals surface area contributed by atoms with Crippen LogP contribution in [0.4, 0.5) is 0 Å². The first-order valence-electron chi connectivity index (χ1n) is 5.98. The number of benzene rings is 1. The third kappa shape index (κ3) is 4.10. The van der Waals surface area contributed by atoms with Crippen molar-refractivity contribution in [2.45, 2.75) is 25.9 Å². The largest absolute Gasteiger partial charge is 0.328 e. The zero-order valence-electron chi connectivity index (χ0n) is 10.4. The SMILES string of the molecule is CC(N)C1CCN(Cc2ccc(Br)c(Cl)c2)C1.Cl. The fourth-order valence-electron chi connectivity index (χ4n) is 2.33. The molecule has 1 heterocycles. The van der Waals surface area contributed by atoms with Crippen molar-refractivity contribution >= 4 is 39.9 Å². The third-order valence-electron chi connectivity index (χ3n) is 3.44. The lowest BCUT2D eigenvalue weighted by Crippen LogP contribution is -2.29. The molecule has 1 fully saturated rings. The average Bonchev–Trinajstić information content (AvgIpc) is 2.72. The molecule has 2 rings (SSSR count). The van der Waals surface area contributed by atoms with Crippen LogP contribution in [0.5, 0.6) is 0 Å². The van der Waals surface area contributed by atoms with Gasteiger partial charge >= 0.3 is 0 Å². The Kier molecular flexibility index (Phi) is 6.42. The zero-order chi connectivity index (χ0) is 12.4. The molecule has 1 aromatic carbocycles. The monoisotopic (exact) mass is 352 g/mol. The molecule has 5 heteroatoms. The minimum atomic E-state index is 0. The van der Waals surface area contributed by atoms with E-state index in [9.17, 15) is 0 Å². The van der Waals surface area contributed by atoms with Gasteiger partial charge in [-0.3, -0.25) is 4.90 Å². The summed E-state index contributed by atoms with van der Waals surface area (Å²) in [5.74, 6) is 0.640. The molecule has 1 aromatic rings. The van der Waals surface area contributed by atoms with Gasteiger partial charge in [0.2, 0.25) is 0 Å². The Bertz CT molecular complexity index is 399. The van der Waals surface area contributed by atoms with E-state index in [-0.39, 0.29) is 12.4 Å². The molecule has 0 bridgehead atoms. The fourth-order valence-corrected chi connectivity index (χ4v) is 2.78. The van der Waals surface area contributed by atoms with Crippen LogP contribution in [0.25, 0.3) is 0 Å². The second-order valence-electron chi connectivity index (χ2n) is 4.89. The number of hydrogen-bond donors (Lipinski definition) is 1. The van der Waals surface area contributed by atoms with Gasteiger partial charge in [0.15, 0.2) is 0 Å². The lowest BCUT2D eigenvalue weighted by Gasteiger charge is -2.18. The third-order valence-corrected chi connectivity index (χ3v) is 4.68. The lowest BCUT2D eigenvalue weighted by molar-refractivity contribution is 0.308. The molecular formula is C13H19BrCl2N2. The Morgan fingerprint density at radius 2 is 2.28 bits per heavy atom. The Balaban J connectivity index is 0.00000162. The predicted octanol–water partition coefficient (Wildman–Crippen LogP) is 3.69. The Labute approximate surface area is 128 Å². The number of rotatable bonds is 3. The van der Waals surface area contributed by atoms with Crippen molar-refractivity contribution in [1.82, 2.24) is 4.90 Å². The van der Waals surface area contributed by atoms with Crippen LogP contribution in [0, 0.1) is 5.92 Å². The Hall–Kier alpha value is 0.200. The highest BCUT2D eigenvalue weighted by Gasteiger charge is 2.24. The fraction of sp³-hybridized carbons (Fsp3) is 0.538.